The molecule has 0 saturated heterocycles. The van der Waals surface area contributed by atoms with Gasteiger partial charge in [-0.05, 0) is 12.5 Å². The number of azide groups is 1. The predicted molar refractivity (Wildman–Crippen MR) is 48.1 cm³/mol. The normalized spacial score (nSPS) is 9.08. The number of ether oxygens (including phenoxy) is 1. The van der Waals surface area contributed by atoms with Crippen LogP contribution in [0.3, 0.4) is 0 Å². The molecule has 0 aliphatic carbocycles. The van der Waals surface area contributed by atoms with E-state index in [9.17, 15) is 4.79 Å². The van der Waals surface area contributed by atoms with Gasteiger partial charge in [-0.25, -0.2) is 0 Å². The number of carbonyl (C=O) groups excluding carboxylic acids is 1. The molecule has 74 valence electrons. The second-order valence-corrected chi connectivity index (χ2v) is 2.41. The van der Waals surface area contributed by atoms with E-state index in [-0.39, 0.29) is 12.5 Å². The summed E-state index contributed by atoms with van der Waals surface area (Å²) in [7, 11) is 1.65. The van der Waals surface area contributed by atoms with Crippen molar-refractivity contribution in [2.75, 3.05) is 33.4 Å². The predicted octanol–water partition coefficient (Wildman–Crippen LogP) is 0.792. The Labute approximate surface area is 77.1 Å². The highest BCUT2D eigenvalue weighted by Crippen LogP contribution is 1.87. The summed E-state index contributed by atoms with van der Waals surface area (Å²) in [6.45, 7) is 3.16. The molecule has 0 bridgehead atoms. The van der Waals surface area contributed by atoms with Gasteiger partial charge in [0.1, 0.15) is 6.61 Å². The Balaban J connectivity index is 3.62. The molecule has 0 radical (unpaired) electrons. The van der Waals surface area contributed by atoms with Crippen molar-refractivity contribution in [2.24, 2.45) is 5.11 Å². The lowest BCUT2D eigenvalue weighted by Crippen LogP contribution is -2.32. The van der Waals surface area contributed by atoms with E-state index in [1.807, 2.05) is 6.92 Å². The maximum Gasteiger partial charge on any atom is 0.248 e. The average Bonchev–Trinajstić information content (AvgIpc) is 2.14. The van der Waals surface area contributed by atoms with E-state index in [4.69, 9.17) is 10.3 Å². The first kappa shape index (κ1) is 11.7. The monoisotopic (exact) mass is 186 g/mol. The van der Waals surface area contributed by atoms with Crippen molar-refractivity contribution in [3.8, 4) is 0 Å². The van der Waals surface area contributed by atoms with E-state index in [2.05, 4.69) is 10.0 Å². The zero-order valence-electron chi connectivity index (χ0n) is 7.93. The molecule has 0 aliphatic rings. The van der Waals surface area contributed by atoms with Crippen LogP contribution < -0.4 is 0 Å². The Morgan fingerprint density at radius 2 is 2.38 bits per heavy atom. The minimum absolute atomic E-state index is 0.0866. The lowest BCUT2D eigenvalue weighted by molar-refractivity contribution is -0.134. The third kappa shape index (κ3) is 5.95. The Kier molecular flexibility index (Phi) is 6.68. The molecule has 0 aromatic heterocycles. The molecule has 1 amide bonds. The van der Waals surface area contributed by atoms with Crippen LogP contribution in [-0.2, 0) is 9.53 Å². The lowest BCUT2D eigenvalue weighted by Gasteiger charge is -2.15. The van der Waals surface area contributed by atoms with Crippen LogP contribution in [0.15, 0.2) is 5.11 Å². The Hall–Kier alpha value is -1.26. The van der Waals surface area contributed by atoms with Crippen LogP contribution in [0.5, 0.6) is 0 Å². The van der Waals surface area contributed by atoms with Crippen LogP contribution in [0, 0.1) is 0 Å². The van der Waals surface area contributed by atoms with Gasteiger partial charge >= 0.3 is 0 Å². The van der Waals surface area contributed by atoms with Gasteiger partial charge in [-0.1, -0.05) is 5.11 Å². The Morgan fingerprint density at radius 3 is 2.92 bits per heavy atom. The highest BCUT2D eigenvalue weighted by molar-refractivity contribution is 5.77. The van der Waals surface area contributed by atoms with Gasteiger partial charge in [0, 0.05) is 31.7 Å². The first-order chi connectivity index (χ1) is 6.22. The van der Waals surface area contributed by atoms with Crippen LogP contribution in [-0.4, -0.2) is 44.2 Å². The second-order valence-electron chi connectivity index (χ2n) is 2.41. The molecular weight excluding hydrogens is 172 g/mol. The van der Waals surface area contributed by atoms with E-state index in [0.29, 0.717) is 19.7 Å². The van der Waals surface area contributed by atoms with Gasteiger partial charge in [0.2, 0.25) is 5.91 Å². The van der Waals surface area contributed by atoms with Crippen LogP contribution in [0.2, 0.25) is 0 Å². The first-order valence-corrected chi connectivity index (χ1v) is 4.05. The van der Waals surface area contributed by atoms with Gasteiger partial charge in [0.25, 0.3) is 0 Å². The zero-order chi connectivity index (χ0) is 10.1. The molecule has 0 saturated carbocycles. The van der Waals surface area contributed by atoms with Crippen molar-refractivity contribution >= 4 is 5.91 Å². The van der Waals surface area contributed by atoms with Gasteiger partial charge in [0.05, 0.1) is 0 Å². The first-order valence-electron chi connectivity index (χ1n) is 4.05. The van der Waals surface area contributed by atoms with E-state index in [1.165, 1.54) is 4.90 Å². The molecule has 13 heavy (non-hydrogen) atoms. The summed E-state index contributed by atoms with van der Waals surface area (Å²) in [5.41, 5.74) is 7.99. The van der Waals surface area contributed by atoms with Gasteiger partial charge < -0.3 is 9.64 Å². The molecule has 6 nitrogen and oxygen atoms in total. The third-order valence-electron chi connectivity index (χ3n) is 1.45. The molecule has 0 aromatic rings. The highest BCUT2D eigenvalue weighted by Gasteiger charge is 2.06. The number of hydrogen-bond acceptors (Lipinski definition) is 3. The summed E-state index contributed by atoms with van der Waals surface area (Å²) in [5.74, 6) is -0.102. The molecule has 0 unspecified atom stereocenters. The number of hydrogen-bond donors (Lipinski definition) is 0. The standard InChI is InChI=1S/C7H14N4O2/c1-3-13-6-7(12)11(2)5-4-9-10-8/h3-6H2,1-2H3. The number of nitrogens with zero attached hydrogens (tertiary/aromatic N) is 4. The minimum atomic E-state index is -0.102. The second kappa shape index (κ2) is 7.39. The summed E-state index contributed by atoms with van der Waals surface area (Å²) in [5, 5.41) is 3.32. The third-order valence-corrected chi connectivity index (χ3v) is 1.45. The van der Waals surface area contributed by atoms with Gasteiger partial charge in [-0.2, -0.15) is 0 Å². The van der Waals surface area contributed by atoms with E-state index < -0.39 is 0 Å². The van der Waals surface area contributed by atoms with Crippen LogP contribution in [0.25, 0.3) is 10.4 Å². The van der Waals surface area contributed by atoms with E-state index >= 15 is 0 Å². The zero-order valence-corrected chi connectivity index (χ0v) is 7.93. The summed E-state index contributed by atoms with van der Waals surface area (Å²) in [6, 6.07) is 0. The molecule has 0 heterocycles. The Morgan fingerprint density at radius 1 is 1.69 bits per heavy atom. The topological polar surface area (TPSA) is 78.3 Å². The molecule has 0 atom stereocenters. The number of rotatable bonds is 6. The van der Waals surface area contributed by atoms with Gasteiger partial charge in [-0.3, -0.25) is 4.79 Å². The summed E-state index contributed by atoms with van der Waals surface area (Å²) in [4.78, 5) is 15.2. The largest absolute Gasteiger partial charge is 0.372 e. The smallest absolute Gasteiger partial charge is 0.248 e. The van der Waals surface area contributed by atoms with Crippen molar-refractivity contribution in [3.63, 3.8) is 0 Å². The summed E-state index contributed by atoms with van der Waals surface area (Å²) < 4.78 is 4.93. The quantitative estimate of drug-likeness (QED) is 0.349. The maximum atomic E-state index is 11.2. The van der Waals surface area contributed by atoms with Crippen LogP contribution in [0.4, 0.5) is 0 Å². The lowest BCUT2D eigenvalue weighted by atomic mass is 10.5. The van der Waals surface area contributed by atoms with Crippen LogP contribution in [0.1, 0.15) is 6.92 Å². The molecular formula is C7H14N4O2. The number of amides is 1. The summed E-state index contributed by atoms with van der Waals surface area (Å²) in [6.07, 6.45) is 0. The van der Waals surface area contributed by atoms with Crippen molar-refractivity contribution < 1.29 is 9.53 Å². The molecule has 6 heteroatoms. The minimum Gasteiger partial charge on any atom is -0.372 e. The maximum absolute atomic E-state index is 11.2. The van der Waals surface area contributed by atoms with Gasteiger partial charge in [-0.15, -0.1) is 0 Å². The highest BCUT2D eigenvalue weighted by atomic mass is 16.5. The molecule has 0 fully saturated rings. The number of carbonyl (C=O) groups is 1. The van der Waals surface area contributed by atoms with E-state index in [0.717, 1.165) is 0 Å². The fourth-order valence-electron chi connectivity index (χ4n) is 0.664. The molecule has 0 aliphatic heterocycles. The van der Waals surface area contributed by atoms with Crippen molar-refractivity contribution in [1.82, 2.24) is 4.90 Å². The van der Waals surface area contributed by atoms with Crippen molar-refractivity contribution in [2.45, 2.75) is 6.92 Å². The average molecular weight is 186 g/mol. The Bertz CT molecular complexity index is 201. The molecule has 0 rings (SSSR count). The van der Waals surface area contributed by atoms with Crippen molar-refractivity contribution in [3.05, 3.63) is 10.4 Å². The molecule has 0 N–H and O–H groups in total. The summed E-state index contributed by atoms with van der Waals surface area (Å²) >= 11 is 0. The van der Waals surface area contributed by atoms with Gasteiger partial charge in [0.15, 0.2) is 0 Å². The number of likely N-dealkylation sites (N-methyl/N-ethyl adjacent to an activating group) is 1. The fraction of sp³-hybridized carbons (Fsp3) is 0.857. The van der Waals surface area contributed by atoms with E-state index in [1.54, 1.807) is 7.05 Å². The molecule has 0 spiro atoms. The van der Waals surface area contributed by atoms with Crippen molar-refractivity contribution in [1.29, 1.82) is 0 Å². The van der Waals surface area contributed by atoms with Crippen LogP contribution >= 0.6 is 0 Å². The SMILES string of the molecule is CCOCC(=O)N(C)CCN=[N+]=[N-]. The molecule has 0 aromatic carbocycles. The fourth-order valence-corrected chi connectivity index (χ4v) is 0.664.